The molecule has 0 bridgehead atoms. The minimum atomic E-state index is -3.65. The maximum absolute atomic E-state index is 13.6. The highest BCUT2D eigenvalue weighted by Gasteiger charge is 2.29. The first-order valence-electron chi connectivity index (χ1n) is 13.1. The van der Waals surface area contributed by atoms with Gasteiger partial charge in [0.15, 0.2) is 0 Å². The molecule has 0 spiro atoms. The van der Waals surface area contributed by atoms with Crippen LogP contribution >= 0.6 is 0 Å². The van der Waals surface area contributed by atoms with Crippen molar-refractivity contribution in [1.82, 2.24) is 8.87 Å². The number of benzene rings is 2. The van der Waals surface area contributed by atoms with Crippen LogP contribution in [-0.4, -0.2) is 62.6 Å². The summed E-state index contributed by atoms with van der Waals surface area (Å²) in [7, 11) is -3.65. The van der Waals surface area contributed by atoms with Gasteiger partial charge in [-0.15, -0.1) is 0 Å². The van der Waals surface area contributed by atoms with Crippen molar-refractivity contribution in [3.63, 3.8) is 0 Å². The fourth-order valence-electron chi connectivity index (χ4n) is 5.75. The molecule has 1 N–H and O–H groups in total. The van der Waals surface area contributed by atoms with E-state index in [-0.39, 0.29) is 10.8 Å². The highest BCUT2D eigenvalue weighted by atomic mass is 32.2. The first kappa shape index (κ1) is 24.9. The zero-order valence-corrected chi connectivity index (χ0v) is 22.6. The number of anilines is 2. The van der Waals surface area contributed by atoms with Crippen molar-refractivity contribution >= 4 is 39.0 Å². The molecule has 6 rings (SSSR count). The molecule has 198 valence electrons. The van der Waals surface area contributed by atoms with Gasteiger partial charge in [0, 0.05) is 54.4 Å². The van der Waals surface area contributed by atoms with E-state index < -0.39 is 10.0 Å². The molecule has 0 unspecified atom stereocenters. The van der Waals surface area contributed by atoms with Gasteiger partial charge in [0.25, 0.3) is 5.91 Å². The van der Waals surface area contributed by atoms with Gasteiger partial charge in [-0.3, -0.25) is 4.79 Å². The third kappa shape index (κ3) is 4.24. The van der Waals surface area contributed by atoms with Gasteiger partial charge in [0.05, 0.1) is 29.5 Å². The van der Waals surface area contributed by atoms with E-state index in [9.17, 15) is 13.2 Å². The highest BCUT2D eigenvalue weighted by molar-refractivity contribution is 7.89. The number of nitrogens with zero attached hydrogens (tertiary/aromatic N) is 3. The minimum absolute atomic E-state index is 0.118. The van der Waals surface area contributed by atoms with Crippen LogP contribution in [-0.2, 0) is 19.6 Å². The van der Waals surface area contributed by atoms with Crippen molar-refractivity contribution in [1.29, 1.82) is 0 Å². The lowest BCUT2D eigenvalue weighted by molar-refractivity contribution is -0.110. The number of rotatable bonds is 5. The fourth-order valence-corrected chi connectivity index (χ4v) is 7.17. The molecule has 3 aromatic rings. The Morgan fingerprint density at radius 2 is 1.66 bits per heavy atom. The second-order valence-corrected chi connectivity index (χ2v) is 12.0. The summed E-state index contributed by atoms with van der Waals surface area (Å²) in [5.74, 6) is -0.118. The predicted octanol–water partition coefficient (Wildman–Crippen LogP) is 4.21. The molecule has 1 amide bonds. The van der Waals surface area contributed by atoms with E-state index >= 15 is 0 Å². The number of carbonyl (C=O) groups is 1. The Labute approximate surface area is 223 Å². The van der Waals surface area contributed by atoms with Gasteiger partial charge in [-0.05, 0) is 68.7 Å². The van der Waals surface area contributed by atoms with E-state index in [4.69, 9.17) is 4.74 Å². The maximum atomic E-state index is 13.6. The fraction of sp³-hybridized carbons (Fsp3) is 0.345. The molecule has 4 heterocycles. The Kier molecular flexibility index (Phi) is 6.37. The number of carbonyl (C=O) groups excluding carboxylic acids is 1. The van der Waals surface area contributed by atoms with Crippen LogP contribution in [0.15, 0.2) is 53.4 Å². The number of ether oxygens (including phenoxy) is 1. The molecule has 9 heteroatoms. The van der Waals surface area contributed by atoms with E-state index in [0.29, 0.717) is 31.9 Å². The molecular formula is C29H32N4O4S. The minimum Gasteiger partial charge on any atom is -0.379 e. The van der Waals surface area contributed by atoms with Crippen LogP contribution in [0.25, 0.3) is 17.3 Å². The summed E-state index contributed by atoms with van der Waals surface area (Å²) >= 11 is 0. The summed E-state index contributed by atoms with van der Waals surface area (Å²) in [5.41, 5.74) is 7.05. The van der Waals surface area contributed by atoms with Crippen molar-refractivity contribution in [3.8, 4) is 5.69 Å². The van der Waals surface area contributed by atoms with Crippen LogP contribution in [0.2, 0.25) is 0 Å². The molecule has 8 nitrogen and oxygen atoms in total. The Bertz CT molecular complexity index is 1540. The summed E-state index contributed by atoms with van der Waals surface area (Å²) in [4.78, 5) is 15.4. The van der Waals surface area contributed by atoms with E-state index in [1.807, 2.05) is 56.3 Å². The van der Waals surface area contributed by atoms with Crippen LogP contribution in [0.5, 0.6) is 0 Å². The molecule has 2 aromatic carbocycles. The average Bonchev–Trinajstić information content (AvgIpc) is 3.63. The van der Waals surface area contributed by atoms with Crippen molar-refractivity contribution in [2.45, 2.75) is 31.6 Å². The number of hydrogen-bond acceptors (Lipinski definition) is 5. The smallest absolute Gasteiger partial charge is 0.256 e. The van der Waals surface area contributed by atoms with Crippen LogP contribution in [0.3, 0.4) is 0 Å². The van der Waals surface area contributed by atoms with Crippen molar-refractivity contribution in [2.75, 3.05) is 49.6 Å². The zero-order chi connectivity index (χ0) is 26.4. The van der Waals surface area contributed by atoms with Crippen LogP contribution in [0.1, 0.15) is 35.4 Å². The third-order valence-electron chi connectivity index (χ3n) is 7.72. The molecule has 38 heavy (non-hydrogen) atoms. The van der Waals surface area contributed by atoms with Crippen molar-refractivity contribution < 1.29 is 17.9 Å². The second kappa shape index (κ2) is 9.72. The van der Waals surface area contributed by atoms with Gasteiger partial charge >= 0.3 is 0 Å². The van der Waals surface area contributed by atoms with Crippen molar-refractivity contribution in [3.05, 3.63) is 71.0 Å². The van der Waals surface area contributed by atoms with Gasteiger partial charge in [-0.25, -0.2) is 8.42 Å². The summed E-state index contributed by atoms with van der Waals surface area (Å²) in [6.45, 7) is 7.45. The number of para-hydroxylation sites is 1. The topological polar surface area (TPSA) is 83.9 Å². The van der Waals surface area contributed by atoms with Gasteiger partial charge < -0.3 is 19.5 Å². The molecule has 2 saturated heterocycles. The molecule has 0 atom stereocenters. The van der Waals surface area contributed by atoms with Gasteiger partial charge in [-0.2, -0.15) is 4.31 Å². The number of sulfonamides is 1. The molecule has 0 radical (unpaired) electrons. The number of fused-ring (bicyclic) bond motifs is 1. The summed E-state index contributed by atoms with van der Waals surface area (Å²) in [6.07, 6.45) is 4.16. The number of nitrogens with one attached hydrogen (secondary N) is 1. The highest BCUT2D eigenvalue weighted by Crippen LogP contribution is 2.37. The molecule has 3 aliphatic rings. The SMILES string of the molecule is Cc1cc(/C=C2\C(=O)Nc3ccccc32)c(C)n1-c1cc(S(=O)(=O)N2CCOCC2)ccc1N1CCCC1. The summed E-state index contributed by atoms with van der Waals surface area (Å²) < 4.78 is 36.1. The lowest BCUT2D eigenvalue weighted by atomic mass is 10.0. The molecule has 0 saturated carbocycles. The quantitative estimate of drug-likeness (QED) is 0.498. The second-order valence-electron chi connectivity index (χ2n) is 10.1. The van der Waals surface area contributed by atoms with E-state index in [0.717, 1.165) is 65.5 Å². The molecule has 1 aromatic heterocycles. The molecular weight excluding hydrogens is 500 g/mol. The summed E-state index contributed by atoms with van der Waals surface area (Å²) in [6, 6.07) is 15.2. The molecule has 2 fully saturated rings. The van der Waals surface area contributed by atoms with E-state index in [1.54, 1.807) is 6.07 Å². The molecule has 0 aliphatic carbocycles. The normalized spacial score (nSPS) is 19.3. The number of morpholine rings is 1. The van der Waals surface area contributed by atoms with E-state index in [1.165, 1.54) is 4.31 Å². The summed E-state index contributed by atoms with van der Waals surface area (Å²) in [5, 5.41) is 2.94. The lowest BCUT2D eigenvalue weighted by Gasteiger charge is -2.28. The first-order valence-corrected chi connectivity index (χ1v) is 14.6. The largest absolute Gasteiger partial charge is 0.379 e. The lowest BCUT2D eigenvalue weighted by Crippen LogP contribution is -2.40. The number of amides is 1. The Balaban J connectivity index is 1.47. The number of aromatic nitrogens is 1. The maximum Gasteiger partial charge on any atom is 0.256 e. The van der Waals surface area contributed by atoms with Gasteiger partial charge in [0.2, 0.25) is 10.0 Å². The van der Waals surface area contributed by atoms with E-state index in [2.05, 4.69) is 20.9 Å². The first-order chi connectivity index (χ1) is 18.3. The predicted molar refractivity (Wildman–Crippen MR) is 149 cm³/mol. The Morgan fingerprint density at radius 3 is 2.42 bits per heavy atom. The average molecular weight is 533 g/mol. The Hall–Kier alpha value is -3.40. The van der Waals surface area contributed by atoms with Crippen LogP contribution in [0, 0.1) is 13.8 Å². The van der Waals surface area contributed by atoms with Gasteiger partial charge in [0.1, 0.15) is 0 Å². The number of hydrogen-bond donors (Lipinski definition) is 1. The standard InChI is InChI=1S/C29H32N4O4S/c1-20-17-22(18-25-24-7-3-4-8-26(24)30-29(25)34)21(2)33(20)28-19-23(9-10-27(28)31-11-5-6-12-31)38(35,36)32-13-15-37-16-14-32/h3-4,7-10,17-19H,5-6,11-16H2,1-2H3,(H,30,34)/b25-18-. The van der Waals surface area contributed by atoms with Crippen LogP contribution < -0.4 is 10.2 Å². The Morgan fingerprint density at radius 1 is 0.921 bits per heavy atom. The third-order valence-corrected chi connectivity index (χ3v) is 9.62. The van der Waals surface area contributed by atoms with Gasteiger partial charge in [-0.1, -0.05) is 18.2 Å². The molecule has 3 aliphatic heterocycles. The van der Waals surface area contributed by atoms with Crippen LogP contribution in [0.4, 0.5) is 11.4 Å². The van der Waals surface area contributed by atoms with Crippen molar-refractivity contribution in [2.24, 2.45) is 0 Å². The number of aryl methyl sites for hydroxylation is 1. The zero-order valence-electron chi connectivity index (χ0n) is 21.7. The monoisotopic (exact) mass is 532 g/mol.